The summed E-state index contributed by atoms with van der Waals surface area (Å²) in [5.41, 5.74) is 0. The average molecular weight is 235 g/mol. The zero-order chi connectivity index (χ0) is 12.3. The zero-order valence-corrected chi connectivity index (χ0v) is 10.6. The standard InChI is InChI=1S/C13H21N3O/c1-2-12(10-14)15-5-7-16(8-6-15)13(17)9-11-3-4-11/h11-12H,2-9H2,1H3. The molecule has 1 saturated heterocycles. The summed E-state index contributed by atoms with van der Waals surface area (Å²) in [6.45, 7) is 5.33. The molecular formula is C13H21N3O. The van der Waals surface area contributed by atoms with E-state index in [1.54, 1.807) is 0 Å². The van der Waals surface area contributed by atoms with Gasteiger partial charge < -0.3 is 4.90 Å². The van der Waals surface area contributed by atoms with E-state index in [1.807, 2.05) is 11.8 Å². The zero-order valence-electron chi connectivity index (χ0n) is 10.6. The molecule has 1 aliphatic heterocycles. The summed E-state index contributed by atoms with van der Waals surface area (Å²) < 4.78 is 0. The number of amides is 1. The van der Waals surface area contributed by atoms with Gasteiger partial charge in [-0.1, -0.05) is 6.92 Å². The summed E-state index contributed by atoms with van der Waals surface area (Å²) >= 11 is 0. The van der Waals surface area contributed by atoms with Crippen molar-refractivity contribution in [3.05, 3.63) is 0 Å². The number of nitriles is 1. The van der Waals surface area contributed by atoms with Crippen molar-refractivity contribution in [2.24, 2.45) is 5.92 Å². The van der Waals surface area contributed by atoms with Crippen LogP contribution in [0.25, 0.3) is 0 Å². The molecule has 2 fully saturated rings. The third-order valence-corrected chi connectivity index (χ3v) is 3.80. The molecule has 0 N–H and O–H groups in total. The van der Waals surface area contributed by atoms with E-state index in [0.717, 1.165) is 39.0 Å². The van der Waals surface area contributed by atoms with E-state index in [9.17, 15) is 4.79 Å². The first kappa shape index (κ1) is 12.4. The van der Waals surface area contributed by atoms with Crippen LogP contribution < -0.4 is 0 Å². The number of hydrogen-bond donors (Lipinski definition) is 0. The van der Waals surface area contributed by atoms with Gasteiger partial charge in [-0.25, -0.2) is 0 Å². The molecule has 4 nitrogen and oxygen atoms in total. The van der Waals surface area contributed by atoms with Crippen LogP contribution in [0.15, 0.2) is 0 Å². The molecule has 0 radical (unpaired) electrons. The molecule has 4 heteroatoms. The summed E-state index contributed by atoms with van der Waals surface area (Å²) in [4.78, 5) is 16.1. The summed E-state index contributed by atoms with van der Waals surface area (Å²) in [7, 11) is 0. The van der Waals surface area contributed by atoms with Gasteiger partial charge in [0.05, 0.1) is 12.1 Å². The molecule has 1 saturated carbocycles. The predicted molar refractivity (Wildman–Crippen MR) is 65.2 cm³/mol. The normalized spacial score (nSPS) is 23.2. The van der Waals surface area contributed by atoms with Crippen molar-refractivity contribution in [1.29, 1.82) is 5.26 Å². The van der Waals surface area contributed by atoms with E-state index in [4.69, 9.17) is 5.26 Å². The molecule has 1 unspecified atom stereocenters. The van der Waals surface area contributed by atoms with Gasteiger partial charge in [-0.05, 0) is 25.2 Å². The van der Waals surface area contributed by atoms with Crippen LogP contribution in [0, 0.1) is 17.2 Å². The lowest BCUT2D eigenvalue weighted by atomic mass is 10.1. The van der Waals surface area contributed by atoms with E-state index < -0.39 is 0 Å². The molecule has 0 aromatic rings. The van der Waals surface area contributed by atoms with Crippen molar-refractivity contribution >= 4 is 5.91 Å². The van der Waals surface area contributed by atoms with Crippen LogP contribution in [-0.2, 0) is 4.79 Å². The van der Waals surface area contributed by atoms with Gasteiger partial charge in [-0.3, -0.25) is 9.69 Å². The number of rotatable bonds is 4. The van der Waals surface area contributed by atoms with E-state index in [0.29, 0.717) is 11.8 Å². The van der Waals surface area contributed by atoms with E-state index in [2.05, 4.69) is 11.0 Å². The second-order valence-electron chi connectivity index (χ2n) is 5.12. The smallest absolute Gasteiger partial charge is 0.222 e. The van der Waals surface area contributed by atoms with Gasteiger partial charge in [-0.2, -0.15) is 5.26 Å². The third-order valence-electron chi connectivity index (χ3n) is 3.80. The predicted octanol–water partition coefficient (Wildman–Crippen LogP) is 1.23. The minimum absolute atomic E-state index is 0.0238. The third kappa shape index (κ3) is 3.19. The maximum absolute atomic E-state index is 11.9. The molecule has 0 bridgehead atoms. The minimum Gasteiger partial charge on any atom is -0.340 e. The van der Waals surface area contributed by atoms with Gasteiger partial charge in [0.1, 0.15) is 0 Å². The van der Waals surface area contributed by atoms with E-state index in [-0.39, 0.29) is 6.04 Å². The van der Waals surface area contributed by atoms with Crippen molar-refractivity contribution in [2.75, 3.05) is 26.2 Å². The topological polar surface area (TPSA) is 47.3 Å². The molecule has 94 valence electrons. The number of nitrogens with zero attached hydrogens (tertiary/aromatic N) is 3. The molecule has 2 rings (SSSR count). The lowest BCUT2D eigenvalue weighted by Gasteiger charge is -2.36. The van der Waals surface area contributed by atoms with Gasteiger partial charge in [0.2, 0.25) is 5.91 Å². The first-order chi connectivity index (χ1) is 8.24. The van der Waals surface area contributed by atoms with Gasteiger partial charge in [-0.15, -0.1) is 0 Å². The summed E-state index contributed by atoms with van der Waals surface area (Å²) in [6, 6.07) is 2.35. The fourth-order valence-electron chi connectivity index (χ4n) is 2.41. The fraction of sp³-hybridized carbons (Fsp3) is 0.846. The van der Waals surface area contributed by atoms with Gasteiger partial charge >= 0.3 is 0 Å². The van der Waals surface area contributed by atoms with Crippen LogP contribution in [0.2, 0.25) is 0 Å². The Labute approximate surface area is 103 Å². The monoisotopic (exact) mass is 235 g/mol. The number of hydrogen-bond acceptors (Lipinski definition) is 3. The Hall–Kier alpha value is -1.08. The second-order valence-corrected chi connectivity index (χ2v) is 5.12. The highest BCUT2D eigenvalue weighted by atomic mass is 16.2. The number of piperazine rings is 1. The van der Waals surface area contributed by atoms with Crippen LogP contribution in [0.5, 0.6) is 0 Å². The highest BCUT2D eigenvalue weighted by molar-refractivity contribution is 5.76. The van der Waals surface area contributed by atoms with Crippen LogP contribution in [0.1, 0.15) is 32.6 Å². The molecular weight excluding hydrogens is 214 g/mol. The molecule has 0 aromatic carbocycles. The Bertz CT molecular complexity index is 311. The molecule has 0 aromatic heterocycles. The quantitative estimate of drug-likeness (QED) is 0.736. The first-order valence-electron chi connectivity index (χ1n) is 6.66. The molecule has 1 heterocycles. The SMILES string of the molecule is CCC(C#N)N1CCN(C(=O)CC2CC2)CC1. The first-order valence-corrected chi connectivity index (χ1v) is 6.66. The Morgan fingerprint density at radius 3 is 2.47 bits per heavy atom. The average Bonchev–Trinajstić information content (AvgIpc) is 3.15. The number of carbonyl (C=O) groups is 1. The van der Waals surface area contributed by atoms with Crippen molar-refractivity contribution in [1.82, 2.24) is 9.80 Å². The molecule has 1 atom stereocenters. The molecule has 17 heavy (non-hydrogen) atoms. The summed E-state index contributed by atoms with van der Waals surface area (Å²) in [5.74, 6) is 0.986. The van der Waals surface area contributed by atoms with Crippen LogP contribution in [0.3, 0.4) is 0 Å². The highest BCUT2D eigenvalue weighted by Crippen LogP contribution is 2.32. The summed E-state index contributed by atoms with van der Waals surface area (Å²) in [6.07, 6.45) is 4.08. The van der Waals surface area contributed by atoms with Crippen molar-refractivity contribution < 1.29 is 4.79 Å². The lowest BCUT2D eigenvalue weighted by Crippen LogP contribution is -2.51. The summed E-state index contributed by atoms with van der Waals surface area (Å²) in [5, 5.41) is 9.01. The second kappa shape index (κ2) is 5.50. The minimum atomic E-state index is 0.0238. The highest BCUT2D eigenvalue weighted by Gasteiger charge is 2.29. The Balaban J connectivity index is 1.77. The van der Waals surface area contributed by atoms with Crippen LogP contribution >= 0.6 is 0 Å². The van der Waals surface area contributed by atoms with Crippen LogP contribution in [-0.4, -0.2) is 47.9 Å². The molecule has 0 spiro atoms. The van der Waals surface area contributed by atoms with E-state index >= 15 is 0 Å². The van der Waals surface area contributed by atoms with Crippen LogP contribution in [0.4, 0.5) is 0 Å². The largest absolute Gasteiger partial charge is 0.340 e. The lowest BCUT2D eigenvalue weighted by molar-refractivity contribution is -0.133. The van der Waals surface area contributed by atoms with Gasteiger partial charge in [0.25, 0.3) is 0 Å². The van der Waals surface area contributed by atoms with E-state index in [1.165, 1.54) is 12.8 Å². The Morgan fingerprint density at radius 1 is 1.35 bits per heavy atom. The van der Waals surface area contributed by atoms with Crippen molar-refractivity contribution in [3.8, 4) is 6.07 Å². The Morgan fingerprint density at radius 2 is 2.00 bits per heavy atom. The molecule has 2 aliphatic rings. The number of carbonyl (C=O) groups excluding carboxylic acids is 1. The molecule has 1 aliphatic carbocycles. The van der Waals surface area contributed by atoms with Crippen molar-refractivity contribution in [3.63, 3.8) is 0 Å². The molecule has 1 amide bonds. The van der Waals surface area contributed by atoms with Gasteiger partial charge in [0.15, 0.2) is 0 Å². The maximum Gasteiger partial charge on any atom is 0.222 e. The van der Waals surface area contributed by atoms with Crippen molar-refractivity contribution in [2.45, 2.75) is 38.6 Å². The maximum atomic E-state index is 11.9. The van der Waals surface area contributed by atoms with Gasteiger partial charge in [0, 0.05) is 32.6 Å². The Kier molecular flexibility index (Phi) is 4.01. The fourth-order valence-corrected chi connectivity index (χ4v) is 2.41.